The molecule has 0 nitrogen and oxygen atoms in total. The van der Waals surface area contributed by atoms with Gasteiger partial charge in [-0.05, 0) is 0 Å². The standard InChI is InChI=1S/C3H8.Li.Mg.3H/c1-3-2;;;;;/h3H2,1-2H3;;;;;/q;+1;+2;3*-1. The second-order valence-electron chi connectivity index (χ2n) is 0.707. The third kappa shape index (κ3) is 32.6. The predicted molar refractivity (Wildman–Crippen MR) is 25.1 cm³/mol. The van der Waals surface area contributed by atoms with E-state index in [-0.39, 0.29) is 46.2 Å². The van der Waals surface area contributed by atoms with Crippen molar-refractivity contribution in [3.05, 3.63) is 0 Å². The van der Waals surface area contributed by atoms with Crippen LogP contribution in [0.1, 0.15) is 24.5 Å². The number of rotatable bonds is 0. The average molecular weight is 78.4 g/mol. The molecule has 0 rings (SSSR count). The zero-order valence-electron chi connectivity index (χ0n) is 7.41. The minimum Gasteiger partial charge on any atom is -1.00 e. The molecule has 5 heavy (non-hydrogen) atoms. The summed E-state index contributed by atoms with van der Waals surface area (Å²) in [5.74, 6) is 0. The van der Waals surface area contributed by atoms with E-state index >= 15 is 0 Å². The van der Waals surface area contributed by atoms with Crippen molar-refractivity contribution < 1.29 is 23.1 Å². The van der Waals surface area contributed by atoms with Gasteiger partial charge in [-0.1, -0.05) is 20.3 Å². The molecule has 2 heteroatoms. The molecule has 0 unspecified atom stereocenters. The second kappa shape index (κ2) is 18.3. The third-order valence-corrected chi connectivity index (χ3v) is 0. The van der Waals surface area contributed by atoms with Crippen molar-refractivity contribution in [2.24, 2.45) is 0 Å². The summed E-state index contributed by atoms with van der Waals surface area (Å²) in [5, 5.41) is 0. The van der Waals surface area contributed by atoms with Crippen LogP contribution in [-0.2, 0) is 0 Å². The van der Waals surface area contributed by atoms with Gasteiger partial charge in [-0.25, -0.2) is 0 Å². The molecule has 0 aromatic heterocycles. The van der Waals surface area contributed by atoms with Crippen molar-refractivity contribution in [1.82, 2.24) is 0 Å². The van der Waals surface area contributed by atoms with Crippen LogP contribution >= 0.6 is 0 Å². The molecule has 26 valence electrons. The molecule has 0 fully saturated rings. The van der Waals surface area contributed by atoms with Crippen LogP contribution in [0.25, 0.3) is 0 Å². The van der Waals surface area contributed by atoms with Crippen LogP contribution in [0.5, 0.6) is 0 Å². The van der Waals surface area contributed by atoms with Crippen molar-refractivity contribution in [3.8, 4) is 0 Å². The first-order valence-corrected chi connectivity index (χ1v) is 1.41. The fourth-order valence-electron chi connectivity index (χ4n) is 0. The maximum Gasteiger partial charge on any atom is 2.00 e. The molecule has 0 N–H and O–H groups in total. The van der Waals surface area contributed by atoms with E-state index in [4.69, 9.17) is 0 Å². The Hall–Kier alpha value is 1.36. The van der Waals surface area contributed by atoms with Gasteiger partial charge in [0.1, 0.15) is 0 Å². The van der Waals surface area contributed by atoms with Crippen molar-refractivity contribution >= 4 is 23.1 Å². The van der Waals surface area contributed by atoms with Crippen molar-refractivity contribution in [2.75, 3.05) is 0 Å². The smallest absolute Gasteiger partial charge is 1.00 e. The molecule has 0 radical (unpaired) electrons. The molecular weight excluding hydrogens is 67.3 g/mol. The topological polar surface area (TPSA) is 0 Å². The molecule has 0 heterocycles. The van der Waals surface area contributed by atoms with E-state index in [9.17, 15) is 0 Å². The van der Waals surface area contributed by atoms with Crippen molar-refractivity contribution in [3.63, 3.8) is 0 Å². The third-order valence-electron chi connectivity index (χ3n) is 0. The molecule has 0 aliphatic carbocycles. The Morgan fingerprint density at radius 2 is 1.40 bits per heavy atom. The van der Waals surface area contributed by atoms with Crippen LogP contribution in [0.3, 0.4) is 0 Å². The summed E-state index contributed by atoms with van der Waals surface area (Å²) >= 11 is 0. The van der Waals surface area contributed by atoms with Gasteiger partial charge >= 0.3 is 41.9 Å². The molecule has 0 aromatic rings. The molecule has 0 bridgehead atoms. The van der Waals surface area contributed by atoms with Crippen LogP contribution in [0.4, 0.5) is 0 Å². The van der Waals surface area contributed by atoms with Crippen LogP contribution < -0.4 is 18.9 Å². The van der Waals surface area contributed by atoms with Crippen LogP contribution in [0, 0.1) is 0 Å². The number of hydrogen-bond donors (Lipinski definition) is 0. The second-order valence-corrected chi connectivity index (χ2v) is 0.707. The monoisotopic (exact) mass is 78.1 g/mol. The van der Waals surface area contributed by atoms with Gasteiger partial charge in [0.05, 0.1) is 0 Å². The molecule has 0 aliphatic heterocycles. The Balaban J connectivity index is -0.00000000200. The van der Waals surface area contributed by atoms with Gasteiger partial charge in [0.2, 0.25) is 0 Å². The fraction of sp³-hybridized carbons (Fsp3) is 1.00. The first kappa shape index (κ1) is 16.2. The number of hydrogen-bond acceptors (Lipinski definition) is 0. The normalized spacial score (nSPS) is 3.60. The minimum atomic E-state index is 0. The Morgan fingerprint density at radius 3 is 1.40 bits per heavy atom. The van der Waals surface area contributed by atoms with Crippen molar-refractivity contribution in [2.45, 2.75) is 20.3 Å². The zero-order chi connectivity index (χ0) is 2.71. The quantitative estimate of drug-likeness (QED) is 0.306. The Labute approximate surface area is 66.5 Å². The summed E-state index contributed by atoms with van der Waals surface area (Å²) in [4.78, 5) is 0. The fourth-order valence-corrected chi connectivity index (χ4v) is 0. The van der Waals surface area contributed by atoms with E-state index in [0.717, 1.165) is 0 Å². The van der Waals surface area contributed by atoms with Gasteiger partial charge in [0.15, 0.2) is 0 Å². The van der Waals surface area contributed by atoms with Gasteiger partial charge in [-0.2, -0.15) is 0 Å². The van der Waals surface area contributed by atoms with Gasteiger partial charge in [0, 0.05) is 0 Å². The summed E-state index contributed by atoms with van der Waals surface area (Å²) in [6, 6.07) is 0. The first-order chi connectivity index (χ1) is 1.41. The Bertz CT molecular complexity index is 14.5. The SMILES string of the molecule is CCC.[H-].[H-].[H-].[Li+].[Mg+2]. The molecule has 0 aromatic carbocycles. The molecular formula is C3H11LiMg. The van der Waals surface area contributed by atoms with E-state index in [1.54, 1.807) is 0 Å². The van der Waals surface area contributed by atoms with Crippen LogP contribution in [0.2, 0.25) is 0 Å². The molecule has 0 saturated heterocycles. The molecule has 0 saturated carbocycles. The van der Waals surface area contributed by atoms with E-state index in [0.29, 0.717) is 0 Å². The van der Waals surface area contributed by atoms with Gasteiger partial charge in [-0.15, -0.1) is 0 Å². The Morgan fingerprint density at radius 1 is 1.40 bits per heavy atom. The maximum absolute atomic E-state index is 2.12. The average Bonchev–Trinajstić information content (AvgIpc) is 0.918. The van der Waals surface area contributed by atoms with E-state index in [2.05, 4.69) is 13.8 Å². The molecule has 0 aliphatic rings. The van der Waals surface area contributed by atoms with Crippen LogP contribution in [-0.4, -0.2) is 23.1 Å². The minimum absolute atomic E-state index is 0. The Kier molecular flexibility index (Phi) is 59.2. The maximum atomic E-state index is 2.12. The van der Waals surface area contributed by atoms with E-state index in [1.165, 1.54) is 6.42 Å². The van der Waals surface area contributed by atoms with Crippen LogP contribution in [0.15, 0.2) is 0 Å². The summed E-state index contributed by atoms with van der Waals surface area (Å²) < 4.78 is 0. The predicted octanol–water partition coefficient (Wildman–Crippen LogP) is -1.62. The largest absolute Gasteiger partial charge is 2.00 e. The summed E-state index contributed by atoms with van der Waals surface area (Å²) in [6.07, 6.45) is 1.25. The van der Waals surface area contributed by atoms with Gasteiger partial charge in [0.25, 0.3) is 0 Å². The van der Waals surface area contributed by atoms with Crippen molar-refractivity contribution in [1.29, 1.82) is 0 Å². The zero-order valence-corrected chi connectivity index (χ0v) is 5.83. The van der Waals surface area contributed by atoms with E-state index < -0.39 is 0 Å². The summed E-state index contributed by atoms with van der Waals surface area (Å²) in [5.41, 5.74) is 0. The van der Waals surface area contributed by atoms with Gasteiger partial charge < -0.3 is 4.28 Å². The summed E-state index contributed by atoms with van der Waals surface area (Å²) in [7, 11) is 0. The summed E-state index contributed by atoms with van der Waals surface area (Å²) in [6.45, 7) is 4.25. The first-order valence-electron chi connectivity index (χ1n) is 1.41. The molecule has 0 amide bonds. The van der Waals surface area contributed by atoms with E-state index in [1.807, 2.05) is 0 Å². The molecule has 0 spiro atoms. The molecule has 0 atom stereocenters. The van der Waals surface area contributed by atoms with Gasteiger partial charge in [-0.3, -0.25) is 0 Å².